The number of carbonyl (C=O) groups is 1. The second kappa shape index (κ2) is 6.71. The van der Waals surface area contributed by atoms with Gasteiger partial charge in [0.05, 0.1) is 6.04 Å². The average Bonchev–Trinajstić information content (AvgIpc) is 2.44. The molecule has 1 aromatic rings. The van der Waals surface area contributed by atoms with Crippen molar-refractivity contribution in [1.82, 2.24) is 10.6 Å². The van der Waals surface area contributed by atoms with E-state index in [2.05, 4.69) is 35.8 Å². The van der Waals surface area contributed by atoms with E-state index in [4.69, 9.17) is 0 Å². The highest BCUT2D eigenvalue weighted by Gasteiger charge is 2.13. The third kappa shape index (κ3) is 3.80. The Morgan fingerprint density at radius 2 is 2.00 bits per heavy atom. The summed E-state index contributed by atoms with van der Waals surface area (Å²) in [5, 5.41) is 6.05. The number of amides is 1. The highest BCUT2D eigenvalue weighted by Crippen LogP contribution is 2.24. The fraction of sp³-hybridized carbons (Fsp3) is 0.562. The second-order valence-corrected chi connectivity index (χ2v) is 5.38. The number of aryl methyl sites for hydroxylation is 2. The lowest BCUT2D eigenvalue weighted by Gasteiger charge is -2.20. The maximum atomic E-state index is 11.7. The number of fused-ring (bicyclic) bond motifs is 1. The highest BCUT2D eigenvalue weighted by molar-refractivity contribution is 5.76. The summed E-state index contributed by atoms with van der Waals surface area (Å²) in [6.07, 6.45) is 5.52. The van der Waals surface area contributed by atoms with Gasteiger partial charge in [-0.3, -0.25) is 4.79 Å². The Morgan fingerprint density at radius 3 is 2.74 bits per heavy atom. The van der Waals surface area contributed by atoms with Gasteiger partial charge in [0.15, 0.2) is 0 Å². The smallest absolute Gasteiger partial charge is 0.221 e. The molecule has 19 heavy (non-hydrogen) atoms. The molecule has 1 aliphatic carbocycles. The van der Waals surface area contributed by atoms with Crippen LogP contribution in [0, 0.1) is 0 Å². The van der Waals surface area contributed by atoms with Crippen molar-refractivity contribution in [2.45, 2.75) is 45.1 Å². The van der Waals surface area contributed by atoms with Gasteiger partial charge in [0, 0.05) is 13.0 Å². The van der Waals surface area contributed by atoms with Crippen LogP contribution in [-0.2, 0) is 17.6 Å². The number of benzene rings is 1. The first-order chi connectivity index (χ1) is 9.20. The van der Waals surface area contributed by atoms with Gasteiger partial charge in [-0.05, 0) is 56.3 Å². The monoisotopic (exact) mass is 260 g/mol. The van der Waals surface area contributed by atoms with Gasteiger partial charge in [-0.2, -0.15) is 0 Å². The molecular weight excluding hydrogens is 236 g/mol. The van der Waals surface area contributed by atoms with E-state index >= 15 is 0 Å². The Balaban J connectivity index is 1.99. The second-order valence-electron chi connectivity index (χ2n) is 5.38. The zero-order valence-electron chi connectivity index (χ0n) is 12.0. The molecule has 0 aromatic heterocycles. The van der Waals surface area contributed by atoms with E-state index in [0.717, 1.165) is 6.54 Å². The molecular formula is C16H24N2O. The summed E-state index contributed by atoms with van der Waals surface area (Å²) in [5.41, 5.74) is 4.18. The first kappa shape index (κ1) is 14.1. The summed E-state index contributed by atoms with van der Waals surface area (Å²) in [5.74, 6) is 0.111. The molecule has 0 spiro atoms. The van der Waals surface area contributed by atoms with E-state index in [1.165, 1.54) is 42.4 Å². The summed E-state index contributed by atoms with van der Waals surface area (Å²) >= 11 is 0. The summed E-state index contributed by atoms with van der Waals surface area (Å²) < 4.78 is 0. The van der Waals surface area contributed by atoms with Crippen LogP contribution < -0.4 is 10.6 Å². The normalized spacial score (nSPS) is 15.7. The molecule has 2 N–H and O–H groups in total. The van der Waals surface area contributed by atoms with E-state index in [-0.39, 0.29) is 11.9 Å². The summed E-state index contributed by atoms with van der Waals surface area (Å²) in [7, 11) is 1.86. The molecule has 3 nitrogen and oxygen atoms in total. The Labute approximate surface area is 115 Å². The Hall–Kier alpha value is -1.35. The van der Waals surface area contributed by atoms with Gasteiger partial charge in [0.2, 0.25) is 5.91 Å². The molecule has 0 bridgehead atoms. The van der Waals surface area contributed by atoms with Crippen molar-refractivity contribution in [1.29, 1.82) is 0 Å². The number of hydrogen-bond donors (Lipinski definition) is 2. The van der Waals surface area contributed by atoms with Gasteiger partial charge in [-0.25, -0.2) is 0 Å². The molecule has 1 atom stereocenters. The van der Waals surface area contributed by atoms with Crippen LogP contribution in [0.2, 0.25) is 0 Å². The number of carbonyl (C=O) groups excluding carboxylic acids is 1. The predicted molar refractivity (Wildman–Crippen MR) is 78.2 cm³/mol. The van der Waals surface area contributed by atoms with Gasteiger partial charge < -0.3 is 10.6 Å². The molecule has 2 rings (SSSR count). The zero-order chi connectivity index (χ0) is 13.7. The zero-order valence-corrected chi connectivity index (χ0v) is 12.0. The van der Waals surface area contributed by atoms with Crippen LogP contribution in [-0.4, -0.2) is 19.5 Å². The molecule has 1 aliphatic rings. The third-order valence-electron chi connectivity index (χ3n) is 3.85. The van der Waals surface area contributed by atoms with Crippen LogP contribution in [0.1, 0.15) is 48.9 Å². The molecule has 1 aromatic carbocycles. The molecule has 1 amide bonds. The van der Waals surface area contributed by atoms with E-state index in [9.17, 15) is 4.79 Å². The van der Waals surface area contributed by atoms with Crippen LogP contribution in [0.25, 0.3) is 0 Å². The van der Waals surface area contributed by atoms with Crippen molar-refractivity contribution >= 4 is 5.91 Å². The minimum absolute atomic E-state index is 0.0941. The summed E-state index contributed by atoms with van der Waals surface area (Å²) in [6, 6.07) is 6.77. The number of nitrogens with one attached hydrogen (secondary N) is 2. The van der Waals surface area contributed by atoms with Crippen molar-refractivity contribution in [3.8, 4) is 0 Å². The quantitative estimate of drug-likeness (QED) is 0.853. The largest absolute Gasteiger partial charge is 0.350 e. The molecule has 3 heteroatoms. The SMILES string of the molecule is CNCCC(=O)NC(C)c1ccc2c(c1)CCCC2. The lowest BCUT2D eigenvalue weighted by Crippen LogP contribution is -2.29. The lowest BCUT2D eigenvalue weighted by atomic mass is 9.89. The van der Waals surface area contributed by atoms with Crippen molar-refractivity contribution in [2.75, 3.05) is 13.6 Å². The lowest BCUT2D eigenvalue weighted by molar-refractivity contribution is -0.121. The molecule has 0 saturated heterocycles. The van der Waals surface area contributed by atoms with Crippen molar-refractivity contribution in [2.24, 2.45) is 0 Å². The van der Waals surface area contributed by atoms with Crippen LogP contribution >= 0.6 is 0 Å². The summed E-state index contributed by atoms with van der Waals surface area (Å²) in [6.45, 7) is 2.78. The average molecular weight is 260 g/mol. The van der Waals surface area contributed by atoms with Crippen molar-refractivity contribution < 1.29 is 4.79 Å². The number of hydrogen-bond acceptors (Lipinski definition) is 2. The fourth-order valence-electron chi connectivity index (χ4n) is 2.66. The van der Waals surface area contributed by atoms with E-state index in [1.807, 2.05) is 7.05 Å². The van der Waals surface area contributed by atoms with E-state index < -0.39 is 0 Å². The minimum atomic E-state index is 0.0941. The molecule has 0 aliphatic heterocycles. The predicted octanol–water partition coefficient (Wildman–Crippen LogP) is 2.35. The van der Waals surface area contributed by atoms with Gasteiger partial charge in [0.25, 0.3) is 0 Å². The first-order valence-corrected chi connectivity index (χ1v) is 7.26. The van der Waals surface area contributed by atoms with Crippen LogP contribution in [0.15, 0.2) is 18.2 Å². The molecule has 1 unspecified atom stereocenters. The Kier molecular flexibility index (Phi) is 4.97. The van der Waals surface area contributed by atoms with Crippen LogP contribution in [0.5, 0.6) is 0 Å². The van der Waals surface area contributed by atoms with Crippen LogP contribution in [0.4, 0.5) is 0 Å². The first-order valence-electron chi connectivity index (χ1n) is 7.26. The number of rotatable bonds is 5. The Bertz CT molecular complexity index is 442. The van der Waals surface area contributed by atoms with Crippen LogP contribution in [0.3, 0.4) is 0 Å². The maximum Gasteiger partial charge on any atom is 0.221 e. The van der Waals surface area contributed by atoms with Gasteiger partial charge in [-0.15, -0.1) is 0 Å². The molecule has 0 saturated carbocycles. The van der Waals surface area contributed by atoms with Crippen molar-refractivity contribution in [3.05, 3.63) is 34.9 Å². The molecule has 0 radical (unpaired) electrons. The standard InChI is InChI=1S/C16H24N2O/c1-12(18-16(19)9-10-17-2)14-8-7-13-5-3-4-6-15(13)11-14/h7-8,11-12,17H,3-6,9-10H2,1-2H3,(H,18,19). The van der Waals surface area contributed by atoms with E-state index in [1.54, 1.807) is 0 Å². The maximum absolute atomic E-state index is 11.7. The summed E-state index contributed by atoms with van der Waals surface area (Å²) in [4.78, 5) is 11.7. The Morgan fingerprint density at radius 1 is 1.26 bits per heavy atom. The molecule has 0 heterocycles. The third-order valence-corrected chi connectivity index (χ3v) is 3.85. The van der Waals surface area contributed by atoms with Gasteiger partial charge in [-0.1, -0.05) is 18.2 Å². The van der Waals surface area contributed by atoms with Gasteiger partial charge >= 0.3 is 0 Å². The van der Waals surface area contributed by atoms with Crippen molar-refractivity contribution in [3.63, 3.8) is 0 Å². The molecule has 104 valence electrons. The topological polar surface area (TPSA) is 41.1 Å². The minimum Gasteiger partial charge on any atom is -0.350 e. The van der Waals surface area contributed by atoms with E-state index in [0.29, 0.717) is 6.42 Å². The van der Waals surface area contributed by atoms with Gasteiger partial charge in [0.1, 0.15) is 0 Å². The highest BCUT2D eigenvalue weighted by atomic mass is 16.1. The molecule has 0 fully saturated rings. The fourth-order valence-corrected chi connectivity index (χ4v) is 2.66.